The Kier molecular flexibility index (Phi) is 4.74. The van der Waals surface area contributed by atoms with Crippen molar-refractivity contribution in [3.8, 4) is 0 Å². The zero-order chi connectivity index (χ0) is 10.6. The third-order valence-corrected chi connectivity index (χ3v) is 4.19. The van der Waals surface area contributed by atoms with Gasteiger partial charge in [0.25, 0.3) is 0 Å². The average Bonchev–Trinajstić information content (AvgIpc) is 2.12. The molecule has 0 saturated carbocycles. The molecule has 1 rings (SSSR count). The van der Waals surface area contributed by atoms with E-state index in [1.165, 1.54) is 25.3 Å². The Morgan fingerprint density at radius 1 is 1.50 bits per heavy atom. The second kappa shape index (κ2) is 5.38. The molecule has 14 heavy (non-hydrogen) atoms. The summed E-state index contributed by atoms with van der Waals surface area (Å²) >= 11 is 2.11. The molecular weight excluding hydrogens is 192 g/mol. The van der Waals surface area contributed by atoms with Crippen molar-refractivity contribution < 1.29 is 0 Å². The zero-order valence-corrected chi connectivity index (χ0v) is 10.8. The summed E-state index contributed by atoms with van der Waals surface area (Å²) < 4.78 is 0.451. The average molecular weight is 216 g/mol. The first kappa shape index (κ1) is 12.3. The highest BCUT2D eigenvalue weighted by Crippen LogP contribution is 2.30. The molecule has 0 aromatic heterocycles. The van der Waals surface area contributed by atoms with E-state index in [-0.39, 0.29) is 0 Å². The molecular formula is C11H24N2S. The van der Waals surface area contributed by atoms with Gasteiger partial charge in [0.2, 0.25) is 0 Å². The van der Waals surface area contributed by atoms with Crippen molar-refractivity contribution in [1.82, 2.24) is 10.2 Å². The Hall–Kier alpha value is 0.270. The van der Waals surface area contributed by atoms with Crippen molar-refractivity contribution in [2.45, 2.75) is 38.0 Å². The van der Waals surface area contributed by atoms with Gasteiger partial charge in [0, 0.05) is 29.6 Å². The van der Waals surface area contributed by atoms with Crippen LogP contribution in [0, 0.1) is 0 Å². The second-order valence-electron chi connectivity index (χ2n) is 4.82. The number of thioether (sulfide) groups is 1. The minimum atomic E-state index is 0.451. The second-order valence-corrected chi connectivity index (χ2v) is 6.62. The molecule has 1 N–H and O–H groups in total. The lowest BCUT2D eigenvalue weighted by molar-refractivity contribution is 0.190. The van der Waals surface area contributed by atoms with Crippen molar-refractivity contribution in [1.29, 1.82) is 0 Å². The molecule has 0 bridgehead atoms. The maximum absolute atomic E-state index is 3.23. The van der Waals surface area contributed by atoms with Gasteiger partial charge in [-0.1, -0.05) is 0 Å². The first-order valence-corrected chi connectivity index (χ1v) is 6.56. The maximum Gasteiger partial charge on any atom is 0.0231 e. The lowest BCUT2D eigenvalue weighted by Crippen LogP contribution is -2.47. The molecule has 0 aromatic rings. The van der Waals surface area contributed by atoms with Crippen LogP contribution in [0.4, 0.5) is 0 Å². The molecule has 0 amide bonds. The number of rotatable bonds is 4. The summed E-state index contributed by atoms with van der Waals surface area (Å²) in [5.74, 6) is 1.29. The van der Waals surface area contributed by atoms with Crippen molar-refractivity contribution in [2.75, 3.05) is 32.4 Å². The summed E-state index contributed by atoms with van der Waals surface area (Å²) in [6, 6.07) is 0.725. The zero-order valence-electron chi connectivity index (χ0n) is 9.97. The molecule has 84 valence electrons. The molecule has 1 fully saturated rings. The van der Waals surface area contributed by atoms with Gasteiger partial charge in [0.05, 0.1) is 0 Å². The highest BCUT2D eigenvalue weighted by Gasteiger charge is 2.28. The molecule has 1 aliphatic heterocycles. The third-order valence-electron chi connectivity index (χ3n) is 2.89. The molecule has 1 heterocycles. The van der Waals surface area contributed by atoms with Gasteiger partial charge in [-0.15, -0.1) is 0 Å². The van der Waals surface area contributed by atoms with Crippen molar-refractivity contribution in [3.63, 3.8) is 0 Å². The van der Waals surface area contributed by atoms with E-state index in [1.54, 1.807) is 0 Å². The van der Waals surface area contributed by atoms with Gasteiger partial charge in [-0.25, -0.2) is 0 Å². The summed E-state index contributed by atoms with van der Waals surface area (Å²) in [6.07, 6.45) is 1.26. The summed E-state index contributed by atoms with van der Waals surface area (Å²) in [5.41, 5.74) is 0. The molecule has 2 nitrogen and oxygen atoms in total. The lowest BCUT2D eigenvalue weighted by atomic mass is 10.1. The number of hydrogen-bond donors (Lipinski definition) is 1. The normalized spacial score (nSPS) is 24.9. The van der Waals surface area contributed by atoms with Gasteiger partial charge < -0.3 is 5.32 Å². The number of hydrogen-bond acceptors (Lipinski definition) is 3. The van der Waals surface area contributed by atoms with Crippen LogP contribution in [0.25, 0.3) is 0 Å². The molecule has 1 saturated heterocycles. The predicted octanol–water partition coefficient (Wildman–Crippen LogP) is 1.81. The predicted molar refractivity (Wildman–Crippen MR) is 66.1 cm³/mol. The summed E-state index contributed by atoms with van der Waals surface area (Å²) in [6.45, 7) is 10.7. The van der Waals surface area contributed by atoms with Crippen LogP contribution in [0.1, 0.15) is 27.2 Å². The number of nitrogens with zero attached hydrogens (tertiary/aromatic N) is 1. The molecule has 0 aliphatic carbocycles. The fourth-order valence-corrected chi connectivity index (χ4v) is 3.10. The largest absolute Gasteiger partial charge is 0.320 e. The molecule has 3 heteroatoms. The van der Waals surface area contributed by atoms with Crippen LogP contribution in [-0.2, 0) is 0 Å². The molecule has 0 radical (unpaired) electrons. The van der Waals surface area contributed by atoms with Crippen LogP contribution in [0.2, 0.25) is 0 Å². The van der Waals surface area contributed by atoms with Crippen LogP contribution in [0.3, 0.4) is 0 Å². The molecule has 1 aliphatic rings. The van der Waals surface area contributed by atoms with Gasteiger partial charge in [-0.05, 0) is 40.8 Å². The van der Waals surface area contributed by atoms with Crippen LogP contribution in [0.5, 0.6) is 0 Å². The maximum atomic E-state index is 3.23. The molecule has 1 unspecified atom stereocenters. The van der Waals surface area contributed by atoms with E-state index < -0.39 is 0 Å². The van der Waals surface area contributed by atoms with E-state index in [0.717, 1.165) is 12.6 Å². The van der Waals surface area contributed by atoms with Gasteiger partial charge in [-0.2, -0.15) is 11.8 Å². The van der Waals surface area contributed by atoms with Gasteiger partial charge >= 0.3 is 0 Å². The first-order valence-electron chi connectivity index (χ1n) is 5.58. The van der Waals surface area contributed by atoms with E-state index >= 15 is 0 Å². The highest BCUT2D eigenvalue weighted by molar-refractivity contribution is 8.00. The van der Waals surface area contributed by atoms with E-state index in [4.69, 9.17) is 0 Å². The Balaban J connectivity index is 2.35. The van der Waals surface area contributed by atoms with Crippen LogP contribution < -0.4 is 5.32 Å². The Labute approximate surface area is 92.8 Å². The summed E-state index contributed by atoms with van der Waals surface area (Å²) in [7, 11) is 2.03. The minimum absolute atomic E-state index is 0.451. The highest BCUT2D eigenvalue weighted by atomic mass is 32.2. The molecule has 0 aromatic carbocycles. The van der Waals surface area contributed by atoms with Gasteiger partial charge in [0.1, 0.15) is 0 Å². The van der Waals surface area contributed by atoms with Crippen LogP contribution in [0.15, 0.2) is 0 Å². The molecule has 1 atom stereocenters. The Bertz CT molecular complexity index is 171. The van der Waals surface area contributed by atoms with Crippen molar-refractivity contribution in [3.05, 3.63) is 0 Å². The van der Waals surface area contributed by atoms with Crippen molar-refractivity contribution in [2.24, 2.45) is 0 Å². The Morgan fingerprint density at radius 2 is 2.21 bits per heavy atom. The SMILES string of the molecule is CNCCC(C)N1CCSC(C)(C)C1. The smallest absolute Gasteiger partial charge is 0.0231 e. The lowest BCUT2D eigenvalue weighted by Gasteiger charge is -2.40. The van der Waals surface area contributed by atoms with E-state index in [9.17, 15) is 0 Å². The van der Waals surface area contributed by atoms with Crippen molar-refractivity contribution >= 4 is 11.8 Å². The van der Waals surface area contributed by atoms with E-state index in [2.05, 4.69) is 42.7 Å². The van der Waals surface area contributed by atoms with Gasteiger partial charge in [0.15, 0.2) is 0 Å². The monoisotopic (exact) mass is 216 g/mol. The standard InChI is InChI=1S/C11H24N2S/c1-10(5-6-12-4)13-7-8-14-11(2,3)9-13/h10,12H,5-9H2,1-4H3. The fraction of sp³-hybridized carbons (Fsp3) is 1.00. The Morgan fingerprint density at radius 3 is 2.79 bits per heavy atom. The topological polar surface area (TPSA) is 15.3 Å². The number of nitrogens with one attached hydrogen (secondary N) is 1. The summed E-state index contributed by atoms with van der Waals surface area (Å²) in [4.78, 5) is 2.63. The van der Waals surface area contributed by atoms with Gasteiger partial charge in [-0.3, -0.25) is 4.90 Å². The van der Waals surface area contributed by atoms with Crippen LogP contribution in [-0.4, -0.2) is 48.1 Å². The van der Waals surface area contributed by atoms with Crippen LogP contribution >= 0.6 is 11.8 Å². The van der Waals surface area contributed by atoms with E-state index in [0.29, 0.717) is 4.75 Å². The fourth-order valence-electron chi connectivity index (χ4n) is 1.97. The van der Waals surface area contributed by atoms with E-state index in [1.807, 2.05) is 7.05 Å². The quantitative estimate of drug-likeness (QED) is 0.771. The third kappa shape index (κ3) is 3.79. The minimum Gasteiger partial charge on any atom is -0.320 e. The first-order chi connectivity index (χ1) is 6.55. The summed E-state index contributed by atoms with van der Waals surface area (Å²) in [5, 5.41) is 3.23. The molecule has 0 spiro atoms.